The molecule has 1 amide bonds. The van der Waals surface area contributed by atoms with Crippen molar-refractivity contribution in [2.75, 3.05) is 59.2 Å². The summed E-state index contributed by atoms with van der Waals surface area (Å²) in [6.45, 7) is 9.25. The molecular formula is C22H32N4O5. The molecule has 170 valence electrons. The molecule has 0 aromatic heterocycles. The number of benzene rings is 1. The highest BCUT2D eigenvalue weighted by Gasteiger charge is 2.43. The molecule has 3 N–H and O–H groups in total. The molecule has 9 heteroatoms. The normalized spacial score (nSPS) is 21.3. The number of hydrogen-bond acceptors (Lipinski definition) is 8. The number of aliphatic hydroxyl groups excluding tert-OH is 1. The Hall–Kier alpha value is -2.46. The van der Waals surface area contributed by atoms with Gasteiger partial charge in [-0.1, -0.05) is 6.08 Å². The number of hydrazine groups is 1. The first-order chi connectivity index (χ1) is 15.2. The molecule has 0 aliphatic carbocycles. The molecule has 1 aromatic rings. The van der Waals surface area contributed by atoms with Crippen LogP contribution in [-0.2, 0) is 14.3 Å². The zero-order valence-electron chi connectivity index (χ0n) is 17.8. The van der Waals surface area contributed by atoms with Crippen LogP contribution in [0.3, 0.4) is 0 Å². The summed E-state index contributed by atoms with van der Waals surface area (Å²) < 4.78 is 16.7. The maximum Gasteiger partial charge on any atom is 0.266 e. The minimum Gasteiger partial charge on any atom is -0.494 e. The Morgan fingerprint density at radius 2 is 2.10 bits per heavy atom. The first-order valence-corrected chi connectivity index (χ1v) is 10.7. The van der Waals surface area contributed by atoms with Gasteiger partial charge in [0, 0.05) is 51.2 Å². The van der Waals surface area contributed by atoms with Crippen molar-refractivity contribution in [1.82, 2.24) is 15.8 Å². The number of aliphatic hydroxyl groups is 1. The zero-order chi connectivity index (χ0) is 21.9. The Balaban J connectivity index is 1.55. The zero-order valence-corrected chi connectivity index (χ0v) is 17.8. The molecule has 0 unspecified atom stereocenters. The summed E-state index contributed by atoms with van der Waals surface area (Å²) in [5.41, 5.74) is 5.51. The lowest BCUT2D eigenvalue weighted by Gasteiger charge is -2.27. The number of aliphatic imine (C=N–C) groups is 1. The van der Waals surface area contributed by atoms with Crippen molar-refractivity contribution < 1.29 is 24.1 Å². The lowest BCUT2D eigenvalue weighted by Crippen LogP contribution is -2.53. The van der Waals surface area contributed by atoms with Crippen molar-refractivity contribution in [3.05, 3.63) is 42.5 Å². The standard InChI is InChI=1S/C22H32N4O5/c1-2-8-22(21(28)25-23-9-10-26-11-15-29-16-12-26)17-31-20(24-22)18-4-6-19(7-5-18)30-14-3-13-27/h2,4-7,23,27H,1,3,8-17H2,(H,25,28)/t22-/m0/s1. The van der Waals surface area contributed by atoms with Crippen LogP contribution in [0.4, 0.5) is 0 Å². The van der Waals surface area contributed by atoms with E-state index in [1.54, 1.807) is 6.08 Å². The van der Waals surface area contributed by atoms with E-state index in [1.807, 2.05) is 24.3 Å². The van der Waals surface area contributed by atoms with E-state index >= 15 is 0 Å². The average Bonchev–Trinajstić information content (AvgIpc) is 3.24. The molecule has 2 aliphatic heterocycles. The first-order valence-electron chi connectivity index (χ1n) is 10.7. The van der Waals surface area contributed by atoms with Crippen LogP contribution < -0.4 is 15.6 Å². The third kappa shape index (κ3) is 6.51. The van der Waals surface area contributed by atoms with Crippen molar-refractivity contribution in [2.45, 2.75) is 18.4 Å². The molecule has 1 fully saturated rings. The minimum atomic E-state index is -1.04. The highest BCUT2D eigenvalue weighted by atomic mass is 16.5. The molecule has 0 radical (unpaired) electrons. The monoisotopic (exact) mass is 432 g/mol. The predicted molar refractivity (Wildman–Crippen MR) is 117 cm³/mol. The number of nitrogens with one attached hydrogen (secondary N) is 2. The summed E-state index contributed by atoms with van der Waals surface area (Å²) in [6.07, 6.45) is 2.63. The van der Waals surface area contributed by atoms with Gasteiger partial charge in [-0.05, 0) is 24.3 Å². The molecule has 0 spiro atoms. The fraction of sp³-hybridized carbons (Fsp3) is 0.545. The molecule has 0 bridgehead atoms. The van der Waals surface area contributed by atoms with Crippen LogP contribution >= 0.6 is 0 Å². The van der Waals surface area contributed by atoms with Crippen molar-refractivity contribution in [2.24, 2.45) is 4.99 Å². The number of rotatable bonds is 12. The number of ether oxygens (including phenoxy) is 3. The van der Waals surface area contributed by atoms with Crippen molar-refractivity contribution in [1.29, 1.82) is 0 Å². The molecule has 2 heterocycles. The molecule has 0 saturated carbocycles. The van der Waals surface area contributed by atoms with E-state index in [0.717, 1.165) is 38.4 Å². The number of hydrogen-bond donors (Lipinski definition) is 3. The van der Waals surface area contributed by atoms with Gasteiger partial charge in [-0.3, -0.25) is 15.1 Å². The summed E-state index contributed by atoms with van der Waals surface area (Å²) in [6, 6.07) is 7.32. The number of morpholine rings is 1. The fourth-order valence-corrected chi connectivity index (χ4v) is 3.39. The minimum absolute atomic E-state index is 0.0955. The van der Waals surface area contributed by atoms with Crippen LogP contribution in [0.15, 0.2) is 41.9 Å². The van der Waals surface area contributed by atoms with Crippen LogP contribution in [0.5, 0.6) is 5.75 Å². The molecule has 1 saturated heterocycles. The van der Waals surface area contributed by atoms with Gasteiger partial charge in [-0.15, -0.1) is 6.58 Å². The SMILES string of the molecule is C=CC[C@@]1(C(=O)NNCCN2CCOCC2)COC(c2ccc(OCCCO)cc2)=N1. The summed E-state index contributed by atoms with van der Waals surface area (Å²) in [5.74, 6) is 0.885. The second-order valence-electron chi connectivity index (χ2n) is 7.51. The van der Waals surface area contributed by atoms with Gasteiger partial charge in [0.1, 0.15) is 12.4 Å². The van der Waals surface area contributed by atoms with E-state index in [4.69, 9.17) is 19.3 Å². The average molecular weight is 433 g/mol. The van der Waals surface area contributed by atoms with E-state index < -0.39 is 5.54 Å². The second-order valence-corrected chi connectivity index (χ2v) is 7.51. The van der Waals surface area contributed by atoms with Gasteiger partial charge in [-0.2, -0.15) is 0 Å². The summed E-state index contributed by atoms with van der Waals surface area (Å²) >= 11 is 0. The number of amides is 1. The van der Waals surface area contributed by atoms with Crippen LogP contribution in [0, 0.1) is 0 Å². The van der Waals surface area contributed by atoms with Crippen molar-refractivity contribution in [3.63, 3.8) is 0 Å². The van der Waals surface area contributed by atoms with Crippen molar-refractivity contribution in [3.8, 4) is 5.75 Å². The molecular weight excluding hydrogens is 400 g/mol. The Kier molecular flexibility index (Phi) is 8.84. The quantitative estimate of drug-likeness (QED) is 0.251. The lowest BCUT2D eigenvalue weighted by molar-refractivity contribution is -0.127. The van der Waals surface area contributed by atoms with Gasteiger partial charge in [0.2, 0.25) is 5.90 Å². The van der Waals surface area contributed by atoms with E-state index in [0.29, 0.717) is 37.6 Å². The van der Waals surface area contributed by atoms with Crippen LogP contribution in [0.1, 0.15) is 18.4 Å². The third-order valence-electron chi connectivity index (χ3n) is 5.20. The topological polar surface area (TPSA) is 105 Å². The smallest absolute Gasteiger partial charge is 0.266 e. The summed E-state index contributed by atoms with van der Waals surface area (Å²) in [7, 11) is 0. The Bertz CT molecular complexity index is 749. The Labute approximate surface area is 183 Å². The van der Waals surface area contributed by atoms with E-state index in [-0.39, 0.29) is 19.1 Å². The lowest BCUT2D eigenvalue weighted by atomic mass is 9.97. The van der Waals surface area contributed by atoms with Gasteiger partial charge in [-0.25, -0.2) is 10.4 Å². The van der Waals surface area contributed by atoms with Gasteiger partial charge in [0.25, 0.3) is 5.91 Å². The third-order valence-corrected chi connectivity index (χ3v) is 5.20. The van der Waals surface area contributed by atoms with E-state index in [9.17, 15) is 4.79 Å². The molecule has 9 nitrogen and oxygen atoms in total. The first kappa shape index (κ1) is 23.2. The van der Waals surface area contributed by atoms with E-state index in [1.165, 1.54) is 0 Å². The summed E-state index contributed by atoms with van der Waals surface area (Å²) in [5, 5.41) is 8.83. The molecule has 2 aliphatic rings. The predicted octanol–water partition coefficient (Wildman–Crippen LogP) is 0.493. The molecule has 3 rings (SSSR count). The number of carbonyl (C=O) groups excluding carboxylic acids is 1. The van der Waals surface area contributed by atoms with Crippen LogP contribution in [0.25, 0.3) is 0 Å². The second kappa shape index (κ2) is 11.8. The van der Waals surface area contributed by atoms with Crippen LogP contribution in [-0.4, -0.2) is 86.6 Å². The highest BCUT2D eigenvalue weighted by molar-refractivity contribution is 6.00. The maximum atomic E-state index is 12.9. The largest absolute Gasteiger partial charge is 0.494 e. The van der Waals surface area contributed by atoms with Gasteiger partial charge >= 0.3 is 0 Å². The fourth-order valence-electron chi connectivity index (χ4n) is 3.39. The van der Waals surface area contributed by atoms with E-state index in [2.05, 4.69) is 27.3 Å². The number of nitrogens with zero attached hydrogens (tertiary/aromatic N) is 2. The Morgan fingerprint density at radius 3 is 2.81 bits per heavy atom. The van der Waals surface area contributed by atoms with Gasteiger partial charge in [0.15, 0.2) is 5.54 Å². The maximum absolute atomic E-state index is 12.9. The van der Waals surface area contributed by atoms with Gasteiger partial charge in [0.05, 0.1) is 19.8 Å². The highest BCUT2D eigenvalue weighted by Crippen LogP contribution is 2.27. The molecule has 1 aromatic carbocycles. The van der Waals surface area contributed by atoms with Gasteiger partial charge < -0.3 is 19.3 Å². The summed E-state index contributed by atoms with van der Waals surface area (Å²) in [4.78, 5) is 19.8. The van der Waals surface area contributed by atoms with Crippen LogP contribution in [0.2, 0.25) is 0 Å². The number of carbonyl (C=O) groups is 1. The Morgan fingerprint density at radius 1 is 1.32 bits per heavy atom. The van der Waals surface area contributed by atoms with Crippen molar-refractivity contribution >= 4 is 11.8 Å². The molecule has 31 heavy (non-hydrogen) atoms. The molecule has 1 atom stereocenters.